The lowest BCUT2D eigenvalue weighted by Gasteiger charge is -2.37. The summed E-state index contributed by atoms with van der Waals surface area (Å²) in [7, 11) is 0. The van der Waals surface area contributed by atoms with Crippen molar-refractivity contribution >= 4 is 34.9 Å². The molecule has 0 radical (unpaired) electrons. The van der Waals surface area contributed by atoms with E-state index in [1.165, 1.54) is 11.3 Å². The highest BCUT2D eigenvalue weighted by molar-refractivity contribution is 7.12. The SMILES string of the molecule is O=C(Nc1cccc(C(=O)N2CCCC(N3CCNC3=O)C2)c1)c1cccs1. The predicted octanol–water partition coefficient (Wildman–Crippen LogP) is 2.63. The minimum Gasteiger partial charge on any atom is -0.337 e. The summed E-state index contributed by atoms with van der Waals surface area (Å²) >= 11 is 1.37. The van der Waals surface area contributed by atoms with Gasteiger partial charge in [-0.15, -0.1) is 11.3 Å². The summed E-state index contributed by atoms with van der Waals surface area (Å²) in [6.45, 7) is 2.57. The van der Waals surface area contributed by atoms with Crippen LogP contribution in [0.2, 0.25) is 0 Å². The fraction of sp³-hybridized carbons (Fsp3) is 0.350. The standard InChI is InChI=1S/C20H22N4O3S/c25-18(17-7-3-11-28-17)22-15-5-1-4-14(12-15)19(26)23-9-2-6-16(13-23)24-10-8-21-20(24)27/h1,3-5,7,11-12,16H,2,6,8-10,13H2,(H,21,27)(H,22,25). The van der Waals surface area contributed by atoms with Crippen LogP contribution in [0.4, 0.5) is 10.5 Å². The first-order valence-electron chi connectivity index (χ1n) is 9.40. The van der Waals surface area contributed by atoms with E-state index in [4.69, 9.17) is 0 Å². The summed E-state index contributed by atoms with van der Waals surface area (Å²) in [5.41, 5.74) is 1.13. The third kappa shape index (κ3) is 3.87. The number of likely N-dealkylation sites (tertiary alicyclic amines) is 1. The van der Waals surface area contributed by atoms with Crippen molar-refractivity contribution in [1.29, 1.82) is 0 Å². The molecule has 1 aromatic heterocycles. The lowest BCUT2D eigenvalue weighted by atomic mass is 10.0. The van der Waals surface area contributed by atoms with Crippen LogP contribution in [0.25, 0.3) is 0 Å². The molecule has 2 N–H and O–H groups in total. The van der Waals surface area contributed by atoms with E-state index < -0.39 is 0 Å². The van der Waals surface area contributed by atoms with E-state index in [0.717, 1.165) is 12.8 Å². The molecule has 1 atom stereocenters. The van der Waals surface area contributed by atoms with Crippen molar-refractivity contribution in [2.24, 2.45) is 0 Å². The average Bonchev–Trinajstić information content (AvgIpc) is 3.39. The Kier molecular flexibility index (Phi) is 5.29. The molecule has 1 aromatic carbocycles. The Labute approximate surface area is 167 Å². The van der Waals surface area contributed by atoms with Crippen LogP contribution in [0, 0.1) is 0 Å². The van der Waals surface area contributed by atoms with Gasteiger partial charge in [-0.1, -0.05) is 12.1 Å². The van der Waals surface area contributed by atoms with Crippen molar-refractivity contribution in [3.8, 4) is 0 Å². The van der Waals surface area contributed by atoms with Gasteiger partial charge in [-0.25, -0.2) is 4.79 Å². The van der Waals surface area contributed by atoms with Gasteiger partial charge in [-0.05, 0) is 42.5 Å². The Hall–Kier alpha value is -2.87. The van der Waals surface area contributed by atoms with Crippen molar-refractivity contribution in [2.75, 3.05) is 31.5 Å². The molecule has 0 saturated carbocycles. The molecule has 8 heteroatoms. The Morgan fingerprint density at radius 2 is 2.07 bits per heavy atom. The van der Waals surface area contributed by atoms with E-state index >= 15 is 0 Å². The van der Waals surface area contributed by atoms with Gasteiger partial charge in [0.1, 0.15) is 0 Å². The summed E-state index contributed by atoms with van der Waals surface area (Å²) in [4.78, 5) is 41.4. The fourth-order valence-electron chi connectivity index (χ4n) is 3.74. The normalized spacial score (nSPS) is 19.4. The molecule has 0 bridgehead atoms. The van der Waals surface area contributed by atoms with Gasteiger partial charge in [0, 0.05) is 37.4 Å². The van der Waals surface area contributed by atoms with Crippen LogP contribution in [0.3, 0.4) is 0 Å². The van der Waals surface area contributed by atoms with Crippen molar-refractivity contribution < 1.29 is 14.4 Å². The van der Waals surface area contributed by atoms with Gasteiger partial charge in [0.15, 0.2) is 0 Å². The quantitative estimate of drug-likeness (QED) is 0.831. The van der Waals surface area contributed by atoms with Crippen molar-refractivity contribution in [3.05, 3.63) is 52.2 Å². The van der Waals surface area contributed by atoms with Gasteiger partial charge in [-0.3, -0.25) is 9.59 Å². The number of rotatable bonds is 4. The van der Waals surface area contributed by atoms with E-state index in [2.05, 4.69) is 10.6 Å². The summed E-state index contributed by atoms with van der Waals surface area (Å²) in [6, 6.07) is 10.6. The number of benzene rings is 1. The van der Waals surface area contributed by atoms with Gasteiger partial charge in [0.05, 0.1) is 10.9 Å². The van der Waals surface area contributed by atoms with Crippen molar-refractivity contribution in [3.63, 3.8) is 0 Å². The Bertz CT molecular complexity index is 883. The van der Waals surface area contributed by atoms with E-state index in [1.807, 2.05) is 16.3 Å². The van der Waals surface area contributed by atoms with Gasteiger partial charge in [-0.2, -0.15) is 0 Å². The second-order valence-corrected chi connectivity index (χ2v) is 7.93. The summed E-state index contributed by atoms with van der Waals surface area (Å²) in [6.07, 6.45) is 1.78. The van der Waals surface area contributed by atoms with Crippen LogP contribution >= 0.6 is 11.3 Å². The second-order valence-electron chi connectivity index (χ2n) is 6.98. The van der Waals surface area contributed by atoms with E-state index in [1.54, 1.807) is 35.2 Å². The number of amides is 4. The maximum atomic E-state index is 13.0. The molecule has 2 saturated heterocycles. The van der Waals surface area contributed by atoms with Crippen LogP contribution in [0.15, 0.2) is 41.8 Å². The first-order valence-corrected chi connectivity index (χ1v) is 10.3. The number of hydrogen-bond donors (Lipinski definition) is 2. The lowest BCUT2D eigenvalue weighted by Crippen LogP contribution is -2.50. The largest absolute Gasteiger partial charge is 0.337 e. The third-order valence-corrected chi connectivity index (χ3v) is 6.00. The summed E-state index contributed by atoms with van der Waals surface area (Å²) in [5.74, 6) is -0.255. The first kappa shape index (κ1) is 18.5. The average molecular weight is 398 g/mol. The first-order chi connectivity index (χ1) is 13.6. The number of urea groups is 1. The lowest BCUT2D eigenvalue weighted by molar-refractivity contribution is 0.0634. The highest BCUT2D eigenvalue weighted by Crippen LogP contribution is 2.21. The third-order valence-electron chi connectivity index (χ3n) is 5.13. The number of carbonyl (C=O) groups excluding carboxylic acids is 3. The zero-order valence-corrected chi connectivity index (χ0v) is 16.2. The Morgan fingerprint density at radius 1 is 1.18 bits per heavy atom. The Balaban J connectivity index is 1.44. The molecule has 2 fully saturated rings. The zero-order valence-electron chi connectivity index (χ0n) is 15.4. The minimum atomic E-state index is -0.183. The highest BCUT2D eigenvalue weighted by atomic mass is 32.1. The van der Waals surface area contributed by atoms with Gasteiger partial charge >= 0.3 is 6.03 Å². The molecule has 2 aliphatic rings. The van der Waals surface area contributed by atoms with Crippen LogP contribution in [-0.2, 0) is 0 Å². The number of hydrogen-bond acceptors (Lipinski definition) is 4. The summed E-state index contributed by atoms with van der Waals surface area (Å²) in [5, 5.41) is 7.51. The fourth-order valence-corrected chi connectivity index (χ4v) is 4.36. The molecule has 0 spiro atoms. The molecule has 3 heterocycles. The molecule has 4 rings (SSSR count). The molecular formula is C20H22N4O3S. The molecule has 4 amide bonds. The van der Waals surface area contributed by atoms with E-state index in [-0.39, 0.29) is 23.9 Å². The van der Waals surface area contributed by atoms with Gasteiger partial charge in [0.25, 0.3) is 11.8 Å². The number of anilines is 1. The Morgan fingerprint density at radius 3 is 2.82 bits per heavy atom. The topological polar surface area (TPSA) is 81.8 Å². The zero-order chi connectivity index (χ0) is 19.5. The van der Waals surface area contributed by atoms with Gasteiger partial charge in [0.2, 0.25) is 0 Å². The minimum absolute atomic E-state index is 0.0439. The second kappa shape index (κ2) is 8.02. The monoisotopic (exact) mass is 398 g/mol. The van der Waals surface area contributed by atoms with Crippen LogP contribution in [0.5, 0.6) is 0 Å². The smallest absolute Gasteiger partial charge is 0.317 e. The van der Waals surface area contributed by atoms with Crippen LogP contribution < -0.4 is 10.6 Å². The van der Waals surface area contributed by atoms with Gasteiger partial charge < -0.3 is 20.4 Å². The van der Waals surface area contributed by atoms with E-state index in [0.29, 0.717) is 42.3 Å². The highest BCUT2D eigenvalue weighted by Gasteiger charge is 2.33. The molecule has 146 valence electrons. The molecule has 2 aromatic rings. The maximum absolute atomic E-state index is 13.0. The van der Waals surface area contributed by atoms with Crippen molar-refractivity contribution in [2.45, 2.75) is 18.9 Å². The molecule has 1 unspecified atom stereocenters. The van der Waals surface area contributed by atoms with E-state index in [9.17, 15) is 14.4 Å². The molecular weight excluding hydrogens is 376 g/mol. The molecule has 2 aliphatic heterocycles. The van der Waals surface area contributed by atoms with Crippen LogP contribution in [-0.4, -0.2) is 59.9 Å². The van der Waals surface area contributed by atoms with Crippen LogP contribution in [0.1, 0.15) is 32.9 Å². The number of nitrogens with zero attached hydrogens (tertiary/aromatic N) is 2. The predicted molar refractivity (Wildman–Crippen MR) is 108 cm³/mol. The van der Waals surface area contributed by atoms with Crippen molar-refractivity contribution in [1.82, 2.24) is 15.1 Å². The molecule has 28 heavy (non-hydrogen) atoms. The number of piperidine rings is 1. The number of thiophene rings is 1. The summed E-state index contributed by atoms with van der Waals surface area (Å²) < 4.78 is 0. The molecule has 0 aliphatic carbocycles. The number of nitrogens with one attached hydrogen (secondary N) is 2. The number of carbonyl (C=O) groups is 3. The maximum Gasteiger partial charge on any atom is 0.317 e. The molecule has 7 nitrogen and oxygen atoms in total.